The summed E-state index contributed by atoms with van der Waals surface area (Å²) in [6.07, 6.45) is 0. The molecular formula is C60H41N3. The number of anilines is 3. The number of hydrogen-bond acceptors (Lipinski definition) is 1. The van der Waals surface area contributed by atoms with Crippen LogP contribution in [0.3, 0.4) is 0 Å². The van der Waals surface area contributed by atoms with Crippen LogP contribution in [0.15, 0.2) is 249 Å². The third-order valence-corrected chi connectivity index (χ3v) is 12.5. The Kier molecular flexibility index (Phi) is 8.83. The highest BCUT2D eigenvalue weighted by Crippen LogP contribution is 2.42. The Morgan fingerprint density at radius 1 is 0.254 bits per heavy atom. The second-order valence-corrected chi connectivity index (χ2v) is 16.1. The summed E-state index contributed by atoms with van der Waals surface area (Å²) >= 11 is 0. The Hall–Kier alpha value is -8.40. The van der Waals surface area contributed by atoms with Crippen LogP contribution in [0.25, 0.3) is 88.4 Å². The Morgan fingerprint density at radius 2 is 0.587 bits per heavy atom. The minimum absolute atomic E-state index is 1.08. The lowest BCUT2D eigenvalue weighted by Gasteiger charge is -2.26. The zero-order valence-corrected chi connectivity index (χ0v) is 34.5. The first-order valence-electron chi connectivity index (χ1n) is 21.6. The maximum atomic E-state index is 2.44. The number of rotatable bonds is 8. The van der Waals surface area contributed by atoms with Crippen molar-refractivity contribution < 1.29 is 0 Å². The highest BCUT2D eigenvalue weighted by molar-refractivity contribution is 6.11. The van der Waals surface area contributed by atoms with Gasteiger partial charge in [-0.1, -0.05) is 170 Å². The van der Waals surface area contributed by atoms with Gasteiger partial charge in [0.2, 0.25) is 0 Å². The number of hydrogen-bond donors (Lipinski definition) is 0. The lowest BCUT2D eigenvalue weighted by Crippen LogP contribution is -2.10. The predicted octanol–water partition coefficient (Wildman–Crippen LogP) is 16.4. The molecule has 63 heavy (non-hydrogen) atoms. The second-order valence-electron chi connectivity index (χ2n) is 16.1. The summed E-state index contributed by atoms with van der Waals surface area (Å²) in [6, 6.07) is 90.1. The molecule has 0 N–H and O–H groups in total. The summed E-state index contributed by atoms with van der Waals surface area (Å²) in [4.78, 5) is 2.36. The van der Waals surface area contributed by atoms with Crippen LogP contribution in [0.2, 0.25) is 0 Å². The van der Waals surface area contributed by atoms with Gasteiger partial charge in [0, 0.05) is 49.9 Å². The molecule has 0 fully saturated rings. The van der Waals surface area contributed by atoms with Gasteiger partial charge in [0.25, 0.3) is 0 Å². The van der Waals surface area contributed by atoms with E-state index in [1.54, 1.807) is 0 Å². The third-order valence-electron chi connectivity index (χ3n) is 12.5. The van der Waals surface area contributed by atoms with E-state index in [0.29, 0.717) is 0 Å². The average molecular weight is 804 g/mol. The van der Waals surface area contributed by atoms with E-state index in [-0.39, 0.29) is 0 Å². The van der Waals surface area contributed by atoms with Gasteiger partial charge in [0.05, 0.1) is 27.8 Å². The van der Waals surface area contributed by atoms with Crippen LogP contribution in [0.4, 0.5) is 17.1 Å². The zero-order valence-electron chi connectivity index (χ0n) is 34.5. The molecule has 10 aromatic carbocycles. The molecule has 0 amide bonds. The van der Waals surface area contributed by atoms with Crippen LogP contribution in [-0.4, -0.2) is 9.13 Å². The fraction of sp³-hybridized carbons (Fsp3) is 0. The van der Waals surface area contributed by atoms with E-state index in [2.05, 4.69) is 263 Å². The van der Waals surface area contributed by atoms with E-state index in [4.69, 9.17) is 0 Å². The number of benzene rings is 10. The quantitative estimate of drug-likeness (QED) is 0.149. The fourth-order valence-corrected chi connectivity index (χ4v) is 9.58. The van der Waals surface area contributed by atoms with Crippen molar-refractivity contribution in [3.8, 4) is 44.8 Å². The Bertz CT molecular complexity index is 3390. The minimum Gasteiger partial charge on any atom is -0.311 e. The van der Waals surface area contributed by atoms with Crippen molar-refractivity contribution in [3.05, 3.63) is 249 Å². The first-order valence-corrected chi connectivity index (χ1v) is 21.6. The summed E-state index contributed by atoms with van der Waals surface area (Å²) in [7, 11) is 0. The molecule has 0 spiro atoms. The largest absolute Gasteiger partial charge is 0.311 e. The lowest BCUT2D eigenvalue weighted by molar-refractivity contribution is 1.15. The molecule has 0 atom stereocenters. The minimum atomic E-state index is 1.08. The van der Waals surface area contributed by atoms with Gasteiger partial charge in [0.15, 0.2) is 0 Å². The first kappa shape index (κ1) is 36.5. The molecule has 0 saturated carbocycles. The van der Waals surface area contributed by atoms with Crippen molar-refractivity contribution in [1.29, 1.82) is 0 Å². The molecule has 0 aliphatic rings. The Balaban J connectivity index is 1.03. The summed E-state index contributed by atoms with van der Waals surface area (Å²) in [5.74, 6) is 0. The first-order chi connectivity index (χ1) is 31.3. The number of para-hydroxylation sites is 4. The van der Waals surface area contributed by atoms with E-state index < -0.39 is 0 Å². The van der Waals surface area contributed by atoms with Crippen LogP contribution < -0.4 is 4.90 Å². The van der Waals surface area contributed by atoms with Crippen LogP contribution in [0.1, 0.15) is 0 Å². The van der Waals surface area contributed by atoms with Gasteiger partial charge in [-0.25, -0.2) is 0 Å². The van der Waals surface area contributed by atoms with E-state index in [9.17, 15) is 0 Å². The van der Waals surface area contributed by atoms with Gasteiger partial charge in [-0.05, 0) is 107 Å². The molecule has 3 nitrogen and oxygen atoms in total. The molecule has 2 heterocycles. The number of nitrogens with zero attached hydrogens (tertiary/aromatic N) is 3. The molecule has 296 valence electrons. The smallest absolute Gasteiger partial charge is 0.0542 e. The van der Waals surface area contributed by atoms with Gasteiger partial charge in [-0.15, -0.1) is 0 Å². The monoisotopic (exact) mass is 803 g/mol. The summed E-state index contributed by atoms with van der Waals surface area (Å²) in [6.45, 7) is 0. The van der Waals surface area contributed by atoms with E-state index in [1.807, 2.05) is 0 Å². The summed E-state index contributed by atoms with van der Waals surface area (Å²) in [5, 5.41) is 4.99. The standard InChI is InChI=1S/C60H41N3/c1-3-15-42(16-4-1)44-27-33-47(34-28-44)61(48-35-29-45(30-36-48)43-17-5-2-6-18-43)49-37-31-46(32-38-49)55-41-50(62-56-23-11-7-19-51(56)52-20-8-12-24-57(52)62)39-40-60(55)63-58-25-13-9-21-53(58)54-22-10-14-26-59(54)63/h1-41H. The van der Waals surface area contributed by atoms with Gasteiger partial charge in [0.1, 0.15) is 0 Å². The summed E-state index contributed by atoms with van der Waals surface area (Å²) in [5.41, 5.74) is 17.3. The van der Waals surface area contributed by atoms with Crippen molar-refractivity contribution in [3.63, 3.8) is 0 Å². The van der Waals surface area contributed by atoms with Crippen molar-refractivity contribution in [1.82, 2.24) is 9.13 Å². The maximum Gasteiger partial charge on any atom is 0.0542 e. The number of aromatic nitrogens is 2. The van der Waals surface area contributed by atoms with Crippen molar-refractivity contribution in [2.24, 2.45) is 0 Å². The van der Waals surface area contributed by atoms with E-state index in [1.165, 1.54) is 65.9 Å². The third kappa shape index (κ3) is 6.29. The van der Waals surface area contributed by atoms with Crippen LogP contribution >= 0.6 is 0 Å². The number of fused-ring (bicyclic) bond motifs is 6. The molecule has 0 bridgehead atoms. The highest BCUT2D eigenvalue weighted by atomic mass is 15.1. The normalized spacial score (nSPS) is 11.5. The van der Waals surface area contributed by atoms with Crippen LogP contribution in [0.5, 0.6) is 0 Å². The SMILES string of the molecule is c1ccc(-c2ccc(N(c3ccc(-c4ccccc4)cc3)c3ccc(-c4cc(-n5c6ccccc6c6ccccc65)ccc4-n4c5ccccc5c5ccccc54)cc3)cc2)cc1. The molecule has 3 heteroatoms. The zero-order chi connectivity index (χ0) is 41.7. The molecule has 0 aliphatic carbocycles. The highest BCUT2D eigenvalue weighted by Gasteiger charge is 2.20. The molecule has 0 radical (unpaired) electrons. The lowest BCUT2D eigenvalue weighted by atomic mass is 10.0. The Labute approximate surface area is 366 Å². The van der Waals surface area contributed by atoms with E-state index in [0.717, 1.165) is 39.6 Å². The van der Waals surface area contributed by atoms with Crippen molar-refractivity contribution in [2.75, 3.05) is 4.90 Å². The van der Waals surface area contributed by atoms with Crippen LogP contribution in [-0.2, 0) is 0 Å². The molecule has 12 rings (SSSR count). The van der Waals surface area contributed by atoms with Crippen molar-refractivity contribution >= 4 is 60.7 Å². The van der Waals surface area contributed by atoms with Gasteiger partial charge in [-0.3, -0.25) is 0 Å². The topological polar surface area (TPSA) is 13.1 Å². The predicted molar refractivity (Wildman–Crippen MR) is 266 cm³/mol. The van der Waals surface area contributed by atoms with Gasteiger partial charge >= 0.3 is 0 Å². The van der Waals surface area contributed by atoms with Crippen molar-refractivity contribution in [2.45, 2.75) is 0 Å². The molecule has 12 aromatic rings. The summed E-state index contributed by atoms with van der Waals surface area (Å²) < 4.78 is 4.86. The van der Waals surface area contributed by atoms with Crippen LogP contribution in [0, 0.1) is 0 Å². The molecule has 2 aromatic heterocycles. The van der Waals surface area contributed by atoms with E-state index >= 15 is 0 Å². The maximum absolute atomic E-state index is 2.44. The fourth-order valence-electron chi connectivity index (χ4n) is 9.58. The Morgan fingerprint density at radius 3 is 1.00 bits per heavy atom. The van der Waals surface area contributed by atoms with Gasteiger partial charge in [-0.2, -0.15) is 0 Å². The second kappa shape index (κ2) is 15.3. The average Bonchev–Trinajstić information content (AvgIpc) is 3.88. The molecule has 0 aliphatic heterocycles. The molecule has 0 saturated heterocycles. The molecule has 0 unspecified atom stereocenters. The van der Waals surface area contributed by atoms with Gasteiger partial charge < -0.3 is 14.0 Å². The molecular weight excluding hydrogens is 763 g/mol.